The fraction of sp³-hybridized carbons (Fsp3) is 0.269. The number of quaternary nitrogens is 1. The summed E-state index contributed by atoms with van der Waals surface area (Å²) in [5, 5.41) is 2.06. The van der Waals surface area contributed by atoms with Crippen LogP contribution < -0.4 is 14.8 Å². The second-order valence-electron chi connectivity index (χ2n) is 7.65. The van der Waals surface area contributed by atoms with E-state index in [1.165, 1.54) is 5.56 Å². The van der Waals surface area contributed by atoms with Crippen molar-refractivity contribution in [1.82, 2.24) is 4.90 Å². The zero-order valence-corrected chi connectivity index (χ0v) is 18.5. The fourth-order valence-electron chi connectivity index (χ4n) is 3.35. The Morgan fingerprint density at radius 1 is 0.935 bits per heavy atom. The van der Waals surface area contributed by atoms with Crippen molar-refractivity contribution in [2.45, 2.75) is 26.1 Å². The number of carbonyl (C=O) groups is 1. The fourth-order valence-corrected chi connectivity index (χ4v) is 3.35. The summed E-state index contributed by atoms with van der Waals surface area (Å²) in [4.78, 5) is 14.3. The molecule has 5 heteroatoms. The van der Waals surface area contributed by atoms with Crippen LogP contribution in [0.5, 0.6) is 11.5 Å². The van der Waals surface area contributed by atoms with Gasteiger partial charge in [0, 0.05) is 19.2 Å². The summed E-state index contributed by atoms with van der Waals surface area (Å²) < 4.78 is 11.4. The van der Waals surface area contributed by atoms with E-state index in [4.69, 9.17) is 9.47 Å². The molecule has 1 amide bonds. The van der Waals surface area contributed by atoms with Gasteiger partial charge in [-0.15, -0.1) is 0 Å². The third kappa shape index (κ3) is 6.59. The van der Waals surface area contributed by atoms with E-state index in [1.807, 2.05) is 73.8 Å². The van der Waals surface area contributed by atoms with Crippen molar-refractivity contribution in [3.63, 3.8) is 0 Å². The molecule has 162 valence electrons. The first kappa shape index (κ1) is 22.4. The van der Waals surface area contributed by atoms with Crippen LogP contribution in [0.2, 0.25) is 0 Å². The van der Waals surface area contributed by atoms with Gasteiger partial charge in [0.05, 0.1) is 7.11 Å². The van der Waals surface area contributed by atoms with Crippen LogP contribution in [0.25, 0.3) is 0 Å². The van der Waals surface area contributed by atoms with E-state index in [0.29, 0.717) is 31.2 Å². The van der Waals surface area contributed by atoms with Gasteiger partial charge >= 0.3 is 0 Å². The molecular weight excluding hydrogens is 388 g/mol. The summed E-state index contributed by atoms with van der Waals surface area (Å²) in [6.07, 6.45) is 0. The van der Waals surface area contributed by atoms with Gasteiger partial charge in [0.2, 0.25) is 0 Å². The topological polar surface area (TPSA) is 55.4 Å². The molecule has 3 rings (SSSR count). The Balaban J connectivity index is 1.54. The van der Waals surface area contributed by atoms with E-state index < -0.39 is 0 Å². The Morgan fingerprint density at radius 3 is 2.29 bits per heavy atom. The molecule has 0 aromatic heterocycles. The number of hydrogen-bond donors (Lipinski definition) is 1. The standard InChI is InChI=1S/C26H30N2O3/c1-20(23-12-8-5-9-13-23)27-17-26(29)28(2)18-22-14-15-24(25(16-22)30-3)31-19-21-10-6-4-7-11-21/h4-16,20,27H,17-19H2,1-3H3/p+1/t20-/m0/s1. The summed E-state index contributed by atoms with van der Waals surface area (Å²) in [5.41, 5.74) is 3.31. The highest BCUT2D eigenvalue weighted by atomic mass is 16.5. The number of nitrogens with two attached hydrogens (primary N) is 1. The second-order valence-corrected chi connectivity index (χ2v) is 7.65. The van der Waals surface area contributed by atoms with Gasteiger partial charge in [-0.3, -0.25) is 4.79 Å². The number of carbonyl (C=O) groups excluding carboxylic acids is 1. The normalized spacial score (nSPS) is 11.6. The lowest BCUT2D eigenvalue weighted by molar-refractivity contribution is -0.683. The Hall–Kier alpha value is -3.31. The number of likely N-dealkylation sites (N-methyl/N-ethyl adjacent to an activating group) is 1. The molecule has 3 aromatic carbocycles. The Bertz CT molecular complexity index is 961. The summed E-state index contributed by atoms with van der Waals surface area (Å²) >= 11 is 0. The molecule has 1 atom stereocenters. The van der Waals surface area contributed by atoms with Crippen LogP contribution in [-0.2, 0) is 17.9 Å². The van der Waals surface area contributed by atoms with Crippen molar-refractivity contribution in [1.29, 1.82) is 0 Å². The minimum absolute atomic E-state index is 0.0890. The van der Waals surface area contributed by atoms with Crippen LogP contribution in [0.4, 0.5) is 0 Å². The molecule has 2 N–H and O–H groups in total. The van der Waals surface area contributed by atoms with Gasteiger partial charge in [0.1, 0.15) is 12.6 Å². The van der Waals surface area contributed by atoms with Gasteiger partial charge in [-0.2, -0.15) is 0 Å². The monoisotopic (exact) mass is 419 g/mol. The van der Waals surface area contributed by atoms with Crippen LogP contribution in [0.1, 0.15) is 29.7 Å². The first-order chi connectivity index (χ1) is 15.1. The number of benzene rings is 3. The van der Waals surface area contributed by atoms with Crippen LogP contribution in [0.3, 0.4) is 0 Å². The molecule has 0 saturated carbocycles. The maximum Gasteiger partial charge on any atom is 0.277 e. The largest absolute Gasteiger partial charge is 0.493 e. The second kappa shape index (κ2) is 11.2. The number of methoxy groups -OCH3 is 1. The summed E-state index contributed by atoms with van der Waals surface area (Å²) in [7, 11) is 3.46. The summed E-state index contributed by atoms with van der Waals surface area (Å²) in [6, 6.07) is 26.3. The molecule has 0 aliphatic carbocycles. The molecule has 0 fully saturated rings. The molecule has 0 aliphatic rings. The Morgan fingerprint density at radius 2 is 1.61 bits per heavy atom. The highest BCUT2D eigenvalue weighted by Crippen LogP contribution is 2.29. The smallest absolute Gasteiger partial charge is 0.277 e. The molecule has 0 bridgehead atoms. The first-order valence-electron chi connectivity index (χ1n) is 10.5. The van der Waals surface area contributed by atoms with Crippen molar-refractivity contribution in [3.8, 4) is 11.5 Å². The van der Waals surface area contributed by atoms with E-state index in [-0.39, 0.29) is 11.9 Å². The lowest BCUT2D eigenvalue weighted by atomic mass is 10.1. The SMILES string of the molecule is COc1cc(CN(C)C(=O)C[NH2+][C@@H](C)c2ccccc2)ccc1OCc1ccccc1. The molecule has 5 nitrogen and oxygen atoms in total. The molecular formula is C26H31N2O3+. The predicted octanol–water partition coefficient (Wildman–Crippen LogP) is 3.56. The molecule has 0 saturated heterocycles. The maximum atomic E-state index is 12.6. The van der Waals surface area contributed by atoms with Crippen molar-refractivity contribution in [3.05, 3.63) is 95.6 Å². The predicted molar refractivity (Wildman–Crippen MR) is 122 cm³/mol. The number of hydrogen-bond acceptors (Lipinski definition) is 3. The number of nitrogens with zero attached hydrogens (tertiary/aromatic N) is 1. The lowest BCUT2D eigenvalue weighted by Crippen LogP contribution is -2.86. The average molecular weight is 420 g/mol. The van der Waals surface area contributed by atoms with Crippen LogP contribution in [-0.4, -0.2) is 31.5 Å². The van der Waals surface area contributed by atoms with Crippen LogP contribution in [0.15, 0.2) is 78.9 Å². The Kier molecular flexibility index (Phi) is 8.07. The van der Waals surface area contributed by atoms with E-state index in [0.717, 1.165) is 11.1 Å². The summed E-state index contributed by atoms with van der Waals surface area (Å²) in [6.45, 7) is 3.51. The van der Waals surface area contributed by atoms with E-state index in [2.05, 4.69) is 24.4 Å². The third-order valence-corrected chi connectivity index (χ3v) is 5.28. The zero-order chi connectivity index (χ0) is 22.1. The molecule has 0 heterocycles. The molecule has 0 aliphatic heterocycles. The van der Waals surface area contributed by atoms with Crippen molar-refractivity contribution in [2.24, 2.45) is 0 Å². The van der Waals surface area contributed by atoms with Gasteiger partial charge in [-0.05, 0) is 30.2 Å². The van der Waals surface area contributed by atoms with E-state index in [1.54, 1.807) is 12.0 Å². The van der Waals surface area contributed by atoms with E-state index >= 15 is 0 Å². The quantitative estimate of drug-likeness (QED) is 0.547. The maximum absolute atomic E-state index is 12.6. The Labute approximate surface area is 184 Å². The highest BCUT2D eigenvalue weighted by molar-refractivity contribution is 5.76. The molecule has 0 spiro atoms. The lowest BCUT2D eigenvalue weighted by Gasteiger charge is -2.19. The molecule has 31 heavy (non-hydrogen) atoms. The van der Waals surface area contributed by atoms with Crippen LogP contribution in [0, 0.1) is 0 Å². The van der Waals surface area contributed by atoms with Gasteiger partial charge in [-0.1, -0.05) is 66.7 Å². The molecule has 0 unspecified atom stereocenters. The van der Waals surface area contributed by atoms with Crippen molar-refractivity contribution >= 4 is 5.91 Å². The van der Waals surface area contributed by atoms with Crippen LogP contribution >= 0.6 is 0 Å². The van der Waals surface area contributed by atoms with Crippen molar-refractivity contribution < 1.29 is 19.6 Å². The summed E-state index contributed by atoms with van der Waals surface area (Å²) in [5.74, 6) is 1.44. The minimum Gasteiger partial charge on any atom is -0.493 e. The number of ether oxygens (including phenoxy) is 2. The average Bonchev–Trinajstić information content (AvgIpc) is 2.82. The van der Waals surface area contributed by atoms with Crippen molar-refractivity contribution in [2.75, 3.05) is 20.7 Å². The molecule has 0 radical (unpaired) electrons. The van der Waals surface area contributed by atoms with E-state index in [9.17, 15) is 4.79 Å². The first-order valence-corrected chi connectivity index (χ1v) is 10.5. The minimum atomic E-state index is 0.0890. The zero-order valence-electron chi connectivity index (χ0n) is 18.5. The number of amides is 1. The highest BCUT2D eigenvalue weighted by Gasteiger charge is 2.16. The molecule has 3 aromatic rings. The van der Waals surface area contributed by atoms with Gasteiger partial charge < -0.3 is 19.7 Å². The van der Waals surface area contributed by atoms with Gasteiger partial charge in [0.25, 0.3) is 5.91 Å². The van der Waals surface area contributed by atoms with Gasteiger partial charge in [-0.25, -0.2) is 0 Å². The van der Waals surface area contributed by atoms with Gasteiger partial charge in [0.15, 0.2) is 18.0 Å². The third-order valence-electron chi connectivity index (χ3n) is 5.28. The number of rotatable bonds is 10.